The van der Waals surface area contributed by atoms with Crippen LogP contribution in [0.15, 0.2) is 30.3 Å². The average Bonchev–Trinajstić information content (AvgIpc) is 2.45. The first-order valence-corrected chi connectivity index (χ1v) is 8.06. The Balaban J connectivity index is 2.05. The molecule has 1 aliphatic rings. The van der Waals surface area contributed by atoms with E-state index in [4.69, 9.17) is 5.11 Å². The van der Waals surface area contributed by atoms with E-state index in [9.17, 15) is 9.59 Å². The first-order valence-electron chi connectivity index (χ1n) is 6.91. The van der Waals surface area contributed by atoms with Crippen LogP contribution in [0.3, 0.4) is 0 Å². The van der Waals surface area contributed by atoms with Crippen molar-refractivity contribution in [2.75, 3.05) is 18.1 Å². The molecule has 1 aliphatic heterocycles. The number of benzene rings is 1. The summed E-state index contributed by atoms with van der Waals surface area (Å²) in [6.45, 7) is 2.61. The molecule has 112 valence electrons. The maximum Gasteiger partial charge on any atom is 0.305 e. The molecule has 1 aromatic carbocycles. The molecule has 0 radical (unpaired) electrons. The fourth-order valence-corrected chi connectivity index (χ4v) is 3.42. The maximum absolute atomic E-state index is 12.3. The number of carbonyl (C=O) groups is 2. The summed E-state index contributed by atoms with van der Waals surface area (Å²) in [5, 5.41) is 8.94. The lowest BCUT2D eigenvalue weighted by Gasteiger charge is -2.33. The van der Waals surface area contributed by atoms with Crippen LogP contribution < -0.4 is 0 Å². The first kappa shape index (κ1) is 15.6. The van der Waals surface area contributed by atoms with Gasteiger partial charge in [0.15, 0.2) is 0 Å². The maximum atomic E-state index is 12.3. The summed E-state index contributed by atoms with van der Waals surface area (Å²) in [6, 6.07) is 7.69. The van der Waals surface area contributed by atoms with Gasteiger partial charge in [0, 0.05) is 24.1 Å². The topological polar surface area (TPSA) is 57.6 Å². The van der Waals surface area contributed by atoms with Crippen molar-refractivity contribution in [2.45, 2.75) is 19.4 Å². The molecule has 0 bridgehead atoms. The quantitative estimate of drug-likeness (QED) is 0.868. The summed E-state index contributed by atoms with van der Waals surface area (Å²) in [5.41, 5.74) is 2.12. The summed E-state index contributed by atoms with van der Waals surface area (Å²) in [6.07, 6.45) is 3.34. The third kappa shape index (κ3) is 4.63. The van der Waals surface area contributed by atoms with Crippen LogP contribution in [-0.4, -0.2) is 46.0 Å². The molecule has 1 amide bonds. The predicted octanol–water partition coefficient (Wildman–Crippen LogP) is 2.43. The Morgan fingerprint density at radius 1 is 1.48 bits per heavy atom. The lowest BCUT2D eigenvalue weighted by Crippen LogP contribution is -2.46. The summed E-state index contributed by atoms with van der Waals surface area (Å²) in [7, 11) is 0. The van der Waals surface area contributed by atoms with Crippen LogP contribution in [-0.2, 0) is 9.59 Å². The number of rotatable bonds is 4. The highest BCUT2D eigenvalue weighted by Gasteiger charge is 2.27. The SMILES string of the molecule is Cc1cccc(C=CC(=O)N2CCSCC2CC(=O)O)c1. The van der Waals surface area contributed by atoms with E-state index in [0.29, 0.717) is 12.3 Å². The number of thioether (sulfide) groups is 1. The van der Waals surface area contributed by atoms with Crippen molar-refractivity contribution in [1.82, 2.24) is 4.90 Å². The van der Waals surface area contributed by atoms with Gasteiger partial charge in [0.25, 0.3) is 0 Å². The van der Waals surface area contributed by atoms with Crippen molar-refractivity contribution in [2.24, 2.45) is 0 Å². The van der Waals surface area contributed by atoms with Crippen LogP contribution in [0.1, 0.15) is 17.5 Å². The molecule has 0 saturated carbocycles. The molecule has 0 aliphatic carbocycles. The van der Waals surface area contributed by atoms with Gasteiger partial charge in [0.2, 0.25) is 5.91 Å². The van der Waals surface area contributed by atoms with E-state index < -0.39 is 5.97 Å². The fraction of sp³-hybridized carbons (Fsp3) is 0.375. The molecule has 1 atom stereocenters. The molecule has 21 heavy (non-hydrogen) atoms. The van der Waals surface area contributed by atoms with E-state index in [-0.39, 0.29) is 18.4 Å². The van der Waals surface area contributed by atoms with Crippen molar-refractivity contribution < 1.29 is 14.7 Å². The van der Waals surface area contributed by atoms with Crippen molar-refractivity contribution in [1.29, 1.82) is 0 Å². The summed E-state index contributed by atoms with van der Waals surface area (Å²) >= 11 is 1.70. The highest BCUT2D eigenvalue weighted by molar-refractivity contribution is 7.99. The van der Waals surface area contributed by atoms with Crippen LogP contribution >= 0.6 is 11.8 Å². The molecule has 5 heteroatoms. The van der Waals surface area contributed by atoms with Crippen LogP contribution in [0.25, 0.3) is 6.08 Å². The highest BCUT2D eigenvalue weighted by Crippen LogP contribution is 2.19. The van der Waals surface area contributed by atoms with Crippen molar-refractivity contribution in [3.05, 3.63) is 41.5 Å². The van der Waals surface area contributed by atoms with Crippen molar-refractivity contribution in [3.63, 3.8) is 0 Å². The van der Waals surface area contributed by atoms with Gasteiger partial charge in [-0.1, -0.05) is 29.8 Å². The zero-order valence-corrected chi connectivity index (χ0v) is 12.8. The lowest BCUT2D eigenvalue weighted by molar-refractivity contribution is -0.139. The van der Waals surface area contributed by atoms with Gasteiger partial charge < -0.3 is 10.0 Å². The van der Waals surface area contributed by atoms with Gasteiger partial charge >= 0.3 is 5.97 Å². The van der Waals surface area contributed by atoms with Gasteiger partial charge in [-0.25, -0.2) is 0 Å². The molecule has 4 nitrogen and oxygen atoms in total. The van der Waals surface area contributed by atoms with Gasteiger partial charge in [0.1, 0.15) is 0 Å². The van der Waals surface area contributed by atoms with Crippen LogP contribution in [0.5, 0.6) is 0 Å². The second-order valence-corrected chi connectivity index (χ2v) is 6.26. The number of carboxylic acid groups (broad SMARTS) is 1. The zero-order chi connectivity index (χ0) is 15.2. The number of aryl methyl sites for hydroxylation is 1. The van der Waals surface area contributed by atoms with Crippen LogP contribution in [0, 0.1) is 6.92 Å². The van der Waals surface area contributed by atoms with E-state index in [1.165, 1.54) is 0 Å². The molecular weight excluding hydrogens is 286 g/mol. The number of amides is 1. The Morgan fingerprint density at radius 2 is 2.29 bits per heavy atom. The van der Waals surface area contributed by atoms with Gasteiger partial charge in [-0.2, -0.15) is 11.8 Å². The van der Waals surface area contributed by atoms with Crippen LogP contribution in [0.4, 0.5) is 0 Å². The molecule has 2 rings (SSSR count). The zero-order valence-electron chi connectivity index (χ0n) is 12.0. The minimum absolute atomic E-state index is 0.0109. The molecule has 1 aromatic rings. The van der Waals surface area contributed by atoms with Gasteiger partial charge in [-0.3, -0.25) is 9.59 Å². The molecule has 1 unspecified atom stereocenters. The lowest BCUT2D eigenvalue weighted by atomic mass is 10.1. The molecule has 1 saturated heterocycles. The molecule has 1 N–H and O–H groups in total. The number of carbonyl (C=O) groups excluding carboxylic acids is 1. The van der Waals surface area contributed by atoms with E-state index in [2.05, 4.69) is 0 Å². The van der Waals surface area contributed by atoms with E-state index in [1.54, 1.807) is 28.8 Å². The fourth-order valence-electron chi connectivity index (χ4n) is 2.35. The van der Waals surface area contributed by atoms with Crippen molar-refractivity contribution in [3.8, 4) is 0 Å². The third-order valence-electron chi connectivity index (χ3n) is 3.38. The Bertz CT molecular complexity index is 556. The monoisotopic (exact) mass is 305 g/mol. The Kier molecular flexibility index (Phi) is 5.44. The van der Waals surface area contributed by atoms with E-state index in [1.807, 2.05) is 31.2 Å². The molecule has 0 spiro atoms. The second-order valence-electron chi connectivity index (χ2n) is 5.11. The number of hydrogen-bond acceptors (Lipinski definition) is 3. The summed E-state index contributed by atoms with van der Waals surface area (Å²) < 4.78 is 0. The van der Waals surface area contributed by atoms with Gasteiger partial charge in [0.05, 0.1) is 12.5 Å². The minimum atomic E-state index is -0.858. The number of hydrogen-bond donors (Lipinski definition) is 1. The summed E-state index contributed by atoms with van der Waals surface area (Å²) in [4.78, 5) is 24.8. The van der Waals surface area contributed by atoms with Gasteiger partial charge in [-0.05, 0) is 18.6 Å². The molecule has 1 heterocycles. The largest absolute Gasteiger partial charge is 0.481 e. The minimum Gasteiger partial charge on any atom is -0.481 e. The molecular formula is C16H19NO3S. The normalized spacial score (nSPS) is 18.9. The molecule has 0 aromatic heterocycles. The summed E-state index contributed by atoms with van der Waals surface area (Å²) in [5.74, 6) is 0.585. The van der Waals surface area contributed by atoms with Crippen molar-refractivity contribution >= 4 is 29.7 Å². The second kappa shape index (κ2) is 7.31. The first-order chi connectivity index (χ1) is 10.1. The predicted molar refractivity (Wildman–Crippen MR) is 85.3 cm³/mol. The third-order valence-corrected chi connectivity index (χ3v) is 4.47. The van der Waals surface area contributed by atoms with E-state index in [0.717, 1.165) is 16.9 Å². The Hall–Kier alpha value is -1.75. The Morgan fingerprint density at radius 3 is 3.00 bits per heavy atom. The number of aliphatic carboxylic acids is 1. The standard InChI is InChI=1S/C16H19NO3S/c1-12-3-2-4-13(9-12)5-6-15(18)17-7-8-21-11-14(17)10-16(19)20/h2-6,9,14H,7-8,10-11H2,1H3,(H,19,20). The van der Waals surface area contributed by atoms with E-state index >= 15 is 0 Å². The average molecular weight is 305 g/mol. The van der Waals surface area contributed by atoms with Crippen LogP contribution in [0.2, 0.25) is 0 Å². The van der Waals surface area contributed by atoms with Gasteiger partial charge in [-0.15, -0.1) is 0 Å². The smallest absolute Gasteiger partial charge is 0.305 e. The highest BCUT2D eigenvalue weighted by atomic mass is 32.2. The Labute approximate surface area is 128 Å². The molecule has 1 fully saturated rings. The number of nitrogens with zero attached hydrogens (tertiary/aromatic N) is 1. The number of carboxylic acids is 1.